The zero-order chi connectivity index (χ0) is 16.3. The van der Waals surface area contributed by atoms with Gasteiger partial charge in [-0.05, 0) is 16.7 Å². The zero-order valence-electron chi connectivity index (χ0n) is 11.7. The highest BCUT2D eigenvalue weighted by Gasteiger charge is 2.18. The Morgan fingerprint density at radius 2 is 1.50 bits per heavy atom. The van der Waals surface area contributed by atoms with Crippen molar-refractivity contribution in [1.82, 2.24) is 10.3 Å². The normalized spacial score (nSPS) is 12.5. The predicted octanol–water partition coefficient (Wildman–Crippen LogP) is -1.35. The Kier molecular flexibility index (Phi) is 4.06. The fraction of sp³-hybridized carbons (Fsp3) is 0.333. The largest absolute Gasteiger partial charge is 0.423 e. The molecule has 0 bridgehead atoms. The summed E-state index contributed by atoms with van der Waals surface area (Å²) in [4.78, 5) is 10.0. The zero-order valence-corrected chi connectivity index (χ0v) is 11.7. The second kappa shape index (κ2) is 5.94. The fourth-order valence-electron chi connectivity index (χ4n) is 1.04. The number of amidine groups is 1. The van der Waals surface area contributed by atoms with Crippen molar-refractivity contribution >= 4 is 11.5 Å². The molecule has 2 rings (SSSR count). The summed E-state index contributed by atoms with van der Waals surface area (Å²) in [6, 6.07) is 0. The molecule has 118 valence electrons. The van der Waals surface area contributed by atoms with Gasteiger partial charge in [0.15, 0.2) is 5.84 Å². The lowest BCUT2D eigenvalue weighted by Gasteiger charge is -1.97. The molecule has 0 spiro atoms. The van der Waals surface area contributed by atoms with Crippen LogP contribution in [0.4, 0.5) is 0 Å². The second-order valence-electron chi connectivity index (χ2n) is 3.98. The highest BCUT2D eigenvalue weighted by molar-refractivity contribution is 6.39. The number of oxime groups is 2. The van der Waals surface area contributed by atoms with Gasteiger partial charge in [-0.3, -0.25) is 9.26 Å². The monoisotopic (exact) mass is 313 g/mol. The standard InChI is InChI=1S/C9H11N7O6/c1-4(11-19-8-5(2)15(17)21-13-8)7(10)12-20-9-6(3)16(18)22-14-9/h1-3H3,(H2,10,12). The van der Waals surface area contributed by atoms with Crippen LogP contribution in [0.15, 0.2) is 19.6 Å². The third-order valence-electron chi connectivity index (χ3n) is 2.43. The minimum absolute atomic E-state index is 0.0700. The van der Waals surface area contributed by atoms with Crippen LogP contribution in [0.5, 0.6) is 11.8 Å². The van der Waals surface area contributed by atoms with E-state index in [1.807, 2.05) is 0 Å². The summed E-state index contributed by atoms with van der Waals surface area (Å²) < 4.78 is 8.57. The molecule has 2 heterocycles. The first kappa shape index (κ1) is 15.0. The Morgan fingerprint density at radius 3 is 1.91 bits per heavy atom. The summed E-state index contributed by atoms with van der Waals surface area (Å²) in [6.45, 7) is 4.31. The van der Waals surface area contributed by atoms with Gasteiger partial charge in [-0.25, -0.2) is 0 Å². The topological polar surface area (TPSA) is 175 Å². The molecule has 0 aliphatic heterocycles. The number of aromatic nitrogens is 4. The lowest BCUT2D eigenvalue weighted by Crippen LogP contribution is -2.26. The number of hydrogen-bond acceptors (Lipinski definition) is 10. The van der Waals surface area contributed by atoms with E-state index in [1.54, 1.807) is 0 Å². The molecule has 0 saturated heterocycles. The molecular formula is C9H11N7O6. The van der Waals surface area contributed by atoms with E-state index in [0.717, 1.165) is 0 Å². The molecule has 0 aliphatic rings. The maximum Gasteiger partial charge on any atom is 0.423 e. The quantitative estimate of drug-likeness (QED) is 0.302. The van der Waals surface area contributed by atoms with Crippen LogP contribution in [-0.2, 0) is 0 Å². The van der Waals surface area contributed by atoms with Crippen molar-refractivity contribution in [3.63, 3.8) is 0 Å². The molecule has 0 aliphatic carbocycles. The third kappa shape index (κ3) is 3.02. The maximum absolute atomic E-state index is 11.0. The van der Waals surface area contributed by atoms with Gasteiger partial charge in [-0.1, -0.05) is 10.3 Å². The van der Waals surface area contributed by atoms with Crippen molar-refractivity contribution in [2.45, 2.75) is 20.8 Å². The minimum Gasteiger partial charge on any atom is -0.379 e. The van der Waals surface area contributed by atoms with Crippen LogP contribution in [0.3, 0.4) is 0 Å². The summed E-state index contributed by atoms with van der Waals surface area (Å²) in [5.41, 5.74) is 5.87. The highest BCUT2D eigenvalue weighted by atomic mass is 16.8. The molecule has 2 N–H and O–H groups in total. The number of hydrogen-bond donors (Lipinski definition) is 1. The van der Waals surface area contributed by atoms with E-state index in [2.05, 4.69) is 29.9 Å². The van der Waals surface area contributed by atoms with Crippen LogP contribution in [0.2, 0.25) is 0 Å². The molecule has 0 unspecified atom stereocenters. The van der Waals surface area contributed by atoms with Gasteiger partial charge in [0, 0.05) is 13.8 Å². The lowest BCUT2D eigenvalue weighted by atomic mass is 10.4. The minimum atomic E-state index is -0.156. The molecule has 0 fully saturated rings. The van der Waals surface area contributed by atoms with Crippen molar-refractivity contribution in [1.29, 1.82) is 0 Å². The Balaban J connectivity index is 2.03. The molecular weight excluding hydrogens is 302 g/mol. The SMILES string of the molecule is CC(=NOc1no[n+]([O-])c1C)C(N)=NOc1no[n+]([O-])c1C. The lowest BCUT2D eigenvalue weighted by molar-refractivity contribution is -0.807. The molecule has 0 amide bonds. The molecule has 0 saturated carbocycles. The predicted molar refractivity (Wildman–Crippen MR) is 66.4 cm³/mol. The van der Waals surface area contributed by atoms with Crippen LogP contribution >= 0.6 is 0 Å². The maximum atomic E-state index is 11.0. The van der Waals surface area contributed by atoms with Crippen molar-refractivity contribution in [2.24, 2.45) is 16.0 Å². The van der Waals surface area contributed by atoms with Crippen LogP contribution in [0.25, 0.3) is 0 Å². The van der Waals surface area contributed by atoms with Crippen LogP contribution in [0.1, 0.15) is 18.3 Å². The van der Waals surface area contributed by atoms with E-state index in [9.17, 15) is 10.4 Å². The number of nitrogens with two attached hydrogens (primary N) is 1. The van der Waals surface area contributed by atoms with Gasteiger partial charge in [0.25, 0.3) is 0 Å². The number of rotatable bonds is 5. The summed E-state index contributed by atoms with van der Waals surface area (Å²) in [7, 11) is 0. The van der Waals surface area contributed by atoms with Crippen LogP contribution < -0.4 is 25.2 Å². The van der Waals surface area contributed by atoms with E-state index in [0.29, 0.717) is 0 Å². The van der Waals surface area contributed by atoms with E-state index < -0.39 is 0 Å². The van der Waals surface area contributed by atoms with Gasteiger partial charge in [0.2, 0.25) is 11.4 Å². The van der Waals surface area contributed by atoms with Crippen molar-refractivity contribution in [3.05, 3.63) is 21.8 Å². The first-order chi connectivity index (χ1) is 10.4. The first-order valence-electron chi connectivity index (χ1n) is 5.75. The fourth-order valence-corrected chi connectivity index (χ4v) is 1.04. The van der Waals surface area contributed by atoms with Gasteiger partial charge >= 0.3 is 11.8 Å². The smallest absolute Gasteiger partial charge is 0.379 e. The van der Waals surface area contributed by atoms with Crippen molar-refractivity contribution < 1.29 is 28.7 Å². The van der Waals surface area contributed by atoms with Crippen molar-refractivity contribution in [2.75, 3.05) is 0 Å². The molecule has 0 radical (unpaired) electrons. The Morgan fingerprint density at radius 1 is 1.05 bits per heavy atom. The number of nitrogens with zero attached hydrogens (tertiary/aromatic N) is 6. The van der Waals surface area contributed by atoms with Gasteiger partial charge in [0.1, 0.15) is 5.71 Å². The van der Waals surface area contributed by atoms with Gasteiger partial charge < -0.3 is 25.8 Å². The third-order valence-corrected chi connectivity index (χ3v) is 2.43. The van der Waals surface area contributed by atoms with Crippen molar-refractivity contribution in [3.8, 4) is 11.8 Å². The van der Waals surface area contributed by atoms with E-state index in [4.69, 9.17) is 15.4 Å². The second-order valence-corrected chi connectivity index (χ2v) is 3.98. The average molecular weight is 313 g/mol. The average Bonchev–Trinajstić information content (AvgIpc) is 2.99. The summed E-state index contributed by atoms with van der Waals surface area (Å²) in [6.07, 6.45) is 0. The van der Waals surface area contributed by atoms with Crippen LogP contribution in [-0.4, -0.2) is 21.9 Å². The summed E-state index contributed by atoms with van der Waals surface area (Å²) >= 11 is 0. The van der Waals surface area contributed by atoms with E-state index in [1.165, 1.54) is 20.8 Å². The highest BCUT2D eigenvalue weighted by Crippen LogP contribution is 2.10. The molecule has 13 nitrogen and oxygen atoms in total. The molecule has 22 heavy (non-hydrogen) atoms. The molecule has 2 aromatic heterocycles. The summed E-state index contributed by atoms with van der Waals surface area (Å²) in [5.74, 6) is -0.426. The molecule has 2 aromatic rings. The Hall–Kier alpha value is -3.38. The molecule has 0 atom stereocenters. The first-order valence-corrected chi connectivity index (χ1v) is 5.75. The Labute approximate surface area is 122 Å². The Bertz CT molecular complexity index is 671. The summed E-state index contributed by atoms with van der Waals surface area (Å²) in [5, 5.41) is 35.7. The van der Waals surface area contributed by atoms with Gasteiger partial charge in [0.05, 0.1) is 10.3 Å². The molecule has 13 heteroatoms. The van der Waals surface area contributed by atoms with Crippen LogP contribution in [0, 0.1) is 24.3 Å². The van der Waals surface area contributed by atoms with E-state index in [-0.39, 0.29) is 44.5 Å². The van der Waals surface area contributed by atoms with Gasteiger partial charge in [-0.15, -0.1) is 0 Å². The molecule has 0 aromatic carbocycles. The van der Waals surface area contributed by atoms with Gasteiger partial charge in [-0.2, -0.15) is 0 Å². The van der Waals surface area contributed by atoms with E-state index >= 15 is 0 Å².